The minimum Gasteiger partial charge on any atom is -0.345 e. The van der Waals surface area contributed by atoms with Gasteiger partial charge >= 0.3 is 0 Å². The van der Waals surface area contributed by atoms with Crippen molar-refractivity contribution >= 4 is 23.4 Å². The molecule has 1 saturated heterocycles. The number of nitrogens with zero attached hydrogens (tertiary/aromatic N) is 2. The summed E-state index contributed by atoms with van der Waals surface area (Å²) in [6.07, 6.45) is 7.39. The lowest BCUT2D eigenvalue weighted by Gasteiger charge is -2.28. The van der Waals surface area contributed by atoms with Crippen LogP contribution in [0.5, 0.6) is 0 Å². The summed E-state index contributed by atoms with van der Waals surface area (Å²) in [6.45, 7) is 3.38. The zero-order valence-electron chi connectivity index (χ0n) is 20.5. The first kappa shape index (κ1) is 25.1. The van der Waals surface area contributed by atoms with E-state index in [9.17, 15) is 0 Å². The number of hydrogen-bond acceptors (Lipinski definition) is 4. The lowest BCUT2D eigenvalue weighted by Crippen LogP contribution is -2.37. The highest BCUT2D eigenvalue weighted by molar-refractivity contribution is 7.98. The molecule has 1 fully saturated rings. The molecule has 6 heteroatoms. The summed E-state index contributed by atoms with van der Waals surface area (Å²) in [6, 6.07) is 25.4. The van der Waals surface area contributed by atoms with Gasteiger partial charge in [-0.25, -0.2) is 4.98 Å². The molecule has 0 bridgehead atoms. The van der Waals surface area contributed by atoms with Gasteiger partial charge in [-0.3, -0.25) is 0 Å². The number of ether oxygens (including phenoxy) is 2. The number of imidazole rings is 1. The van der Waals surface area contributed by atoms with Gasteiger partial charge in [0.1, 0.15) is 0 Å². The molecule has 0 spiro atoms. The first-order valence-electron chi connectivity index (χ1n) is 12.3. The molecule has 5 rings (SSSR count). The fourth-order valence-corrected chi connectivity index (χ4v) is 5.58. The van der Waals surface area contributed by atoms with Gasteiger partial charge in [0.25, 0.3) is 0 Å². The van der Waals surface area contributed by atoms with E-state index in [1.54, 1.807) is 6.20 Å². The Morgan fingerprint density at radius 2 is 1.67 bits per heavy atom. The van der Waals surface area contributed by atoms with Gasteiger partial charge in [-0.05, 0) is 47.7 Å². The van der Waals surface area contributed by atoms with E-state index < -0.39 is 5.79 Å². The van der Waals surface area contributed by atoms with Gasteiger partial charge < -0.3 is 14.0 Å². The minimum atomic E-state index is -0.628. The van der Waals surface area contributed by atoms with Crippen LogP contribution in [0.25, 0.3) is 11.1 Å². The minimum absolute atomic E-state index is 0.0740. The summed E-state index contributed by atoms with van der Waals surface area (Å²) in [7, 11) is 0. The third-order valence-corrected chi connectivity index (χ3v) is 7.91. The average Bonchev–Trinajstić information content (AvgIpc) is 3.55. The van der Waals surface area contributed by atoms with Crippen LogP contribution < -0.4 is 0 Å². The van der Waals surface area contributed by atoms with Gasteiger partial charge in [-0.1, -0.05) is 77.8 Å². The summed E-state index contributed by atoms with van der Waals surface area (Å²) in [5, 5.41) is 0.758. The van der Waals surface area contributed by atoms with Crippen molar-refractivity contribution in [3.8, 4) is 11.1 Å². The quantitative estimate of drug-likeness (QED) is 0.222. The molecule has 1 aliphatic rings. The first-order valence-corrected chi connectivity index (χ1v) is 13.9. The molecule has 186 valence electrons. The van der Waals surface area contributed by atoms with E-state index in [4.69, 9.17) is 21.1 Å². The second-order valence-electron chi connectivity index (χ2n) is 9.40. The Kier molecular flexibility index (Phi) is 8.12. The Morgan fingerprint density at radius 1 is 0.972 bits per heavy atom. The molecule has 0 radical (unpaired) electrons. The fraction of sp³-hybridized carbons (Fsp3) is 0.300. The van der Waals surface area contributed by atoms with Crippen LogP contribution in [0.3, 0.4) is 0 Å². The van der Waals surface area contributed by atoms with Crippen LogP contribution in [0.1, 0.15) is 23.1 Å². The number of aromatic nitrogens is 2. The van der Waals surface area contributed by atoms with E-state index in [0.29, 0.717) is 13.2 Å². The molecule has 2 heterocycles. The molecular weight excluding hydrogens is 488 g/mol. The van der Waals surface area contributed by atoms with Gasteiger partial charge in [-0.15, -0.1) is 0 Å². The average molecular weight is 519 g/mol. The number of aryl methyl sites for hydroxylation is 2. The van der Waals surface area contributed by atoms with E-state index in [0.717, 1.165) is 29.4 Å². The highest BCUT2D eigenvalue weighted by Crippen LogP contribution is 2.33. The second-order valence-corrected chi connectivity index (χ2v) is 10.9. The SMILES string of the molecule is Cc1ccc(CCC2(Cn3ccnc3)OCC(CSCc3ccc(-c4ccc(Cl)cc4)cc3)O2)cc1. The third kappa shape index (κ3) is 6.60. The van der Waals surface area contributed by atoms with Gasteiger partial charge in [-0.2, -0.15) is 11.8 Å². The Morgan fingerprint density at radius 3 is 2.36 bits per heavy atom. The predicted octanol–water partition coefficient (Wildman–Crippen LogP) is 7.19. The van der Waals surface area contributed by atoms with Crippen LogP contribution in [0, 0.1) is 6.92 Å². The largest absolute Gasteiger partial charge is 0.345 e. The van der Waals surface area contributed by atoms with Gasteiger partial charge in [0.15, 0.2) is 5.79 Å². The van der Waals surface area contributed by atoms with Crippen molar-refractivity contribution in [1.29, 1.82) is 0 Å². The van der Waals surface area contributed by atoms with Crippen molar-refractivity contribution in [1.82, 2.24) is 9.55 Å². The second kappa shape index (κ2) is 11.7. The van der Waals surface area contributed by atoms with Crippen LogP contribution in [0.4, 0.5) is 0 Å². The Bertz CT molecular complexity index is 1230. The van der Waals surface area contributed by atoms with Crippen LogP contribution in [0.15, 0.2) is 91.5 Å². The molecule has 0 aliphatic carbocycles. The van der Waals surface area contributed by atoms with Gasteiger partial charge in [0.05, 0.1) is 25.6 Å². The Balaban J connectivity index is 1.15. The lowest BCUT2D eigenvalue weighted by molar-refractivity contribution is -0.180. The Labute approximate surface area is 222 Å². The highest BCUT2D eigenvalue weighted by atomic mass is 35.5. The van der Waals surface area contributed by atoms with E-state index in [-0.39, 0.29) is 6.10 Å². The summed E-state index contributed by atoms with van der Waals surface area (Å²) >= 11 is 7.90. The Hall–Kier alpha value is -2.57. The molecule has 2 atom stereocenters. The molecule has 36 heavy (non-hydrogen) atoms. The topological polar surface area (TPSA) is 36.3 Å². The maximum atomic E-state index is 6.59. The summed E-state index contributed by atoms with van der Waals surface area (Å²) in [4.78, 5) is 4.20. The molecule has 3 aromatic carbocycles. The molecule has 0 N–H and O–H groups in total. The molecule has 2 unspecified atom stereocenters. The highest BCUT2D eigenvalue weighted by Gasteiger charge is 2.41. The van der Waals surface area contributed by atoms with Crippen molar-refractivity contribution in [3.05, 3.63) is 113 Å². The summed E-state index contributed by atoms with van der Waals surface area (Å²) in [5.74, 6) is 1.21. The van der Waals surface area contributed by atoms with E-state index in [2.05, 4.69) is 72.6 Å². The molecule has 0 amide bonds. The van der Waals surface area contributed by atoms with Crippen LogP contribution in [-0.2, 0) is 28.2 Å². The zero-order chi connectivity index (χ0) is 24.8. The van der Waals surface area contributed by atoms with Gasteiger partial charge in [0.2, 0.25) is 0 Å². The van der Waals surface area contributed by atoms with Crippen molar-refractivity contribution in [2.75, 3.05) is 12.4 Å². The summed E-state index contributed by atoms with van der Waals surface area (Å²) in [5.41, 5.74) is 6.26. The van der Waals surface area contributed by atoms with Crippen molar-refractivity contribution < 1.29 is 9.47 Å². The monoisotopic (exact) mass is 518 g/mol. The van der Waals surface area contributed by atoms with Crippen LogP contribution in [0.2, 0.25) is 5.02 Å². The normalized spacial score (nSPS) is 19.6. The van der Waals surface area contributed by atoms with E-state index in [1.807, 2.05) is 41.0 Å². The number of benzene rings is 3. The molecule has 0 saturated carbocycles. The van der Waals surface area contributed by atoms with Crippen molar-refractivity contribution in [3.63, 3.8) is 0 Å². The van der Waals surface area contributed by atoms with Crippen molar-refractivity contribution in [2.24, 2.45) is 0 Å². The molecule has 4 nitrogen and oxygen atoms in total. The maximum absolute atomic E-state index is 6.59. The maximum Gasteiger partial charge on any atom is 0.187 e. The predicted molar refractivity (Wildman–Crippen MR) is 148 cm³/mol. The number of rotatable bonds is 10. The number of thioether (sulfide) groups is 1. The lowest BCUT2D eigenvalue weighted by atomic mass is 10.0. The standard InChI is InChI=1S/C30H31ClN2O2S/c1-23-2-4-24(5-3-23)14-15-30(21-33-17-16-32-22-33)34-18-29(35-30)20-36-19-25-6-8-26(9-7-25)27-10-12-28(31)13-11-27/h2-13,16-17,22,29H,14-15,18-21H2,1H3. The van der Waals surface area contributed by atoms with E-state index >= 15 is 0 Å². The van der Waals surface area contributed by atoms with Crippen molar-refractivity contribution in [2.45, 2.75) is 44.0 Å². The number of hydrogen-bond donors (Lipinski definition) is 0. The summed E-state index contributed by atoms with van der Waals surface area (Å²) < 4.78 is 15.0. The van der Waals surface area contributed by atoms with E-state index in [1.165, 1.54) is 27.8 Å². The molecule has 4 aromatic rings. The number of halogens is 1. The smallest absolute Gasteiger partial charge is 0.187 e. The molecule has 1 aliphatic heterocycles. The fourth-order valence-electron chi connectivity index (χ4n) is 4.48. The van der Waals surface area contributed by atoms with Crippen LogP contribution >= 0.6 is 23.4 Å². The molecule has 1 aromatic heterocycles. The third-order valence-electron chi connectivity index (χ3n) is 6.52. The first-order chi connectivity index (χ1) is 17.6. The zero-order valence-corrected chi connectivity index (χ0v) is 22.0. The molecular formula is C30H31ClN2O2S. The van der Waals surface area contributed by atoms with Crippen LogP contribution in [-0.4, -0.2) is 33.8 Å². The van der Waals surface area contributed by atoms with Gasteiger partial charge in [0, 0.05) is 35.3 Å².